The second kappa shape index (κ2) is 10.8. The molecule has 3 amide bonds. The van der Waals surface area contributed by atoms with E-state index in [0.29, 0.717) is 29.7 Å². The van der Waals surface area contributed by atoms with E-state index in [2.05, 4.69) is 32.7 Å². The summed E-state index contributed by atoms with van der Waals surface area (Å²) < 4.78 is 6.33. The van der Waals surface area contributed by atoms with Gasteiger partial charge in [-0.3, -0.25) is 14.4 Å². The van der Waals surface area contributed by atoms with Gasteiger partial charge in [-0.05, 0) is 66.5 Å². The Labute approximate surface area is 254 Å². The molecular formula is C34H47N3O6. The highest BCUT2D eigenvalue weighted by Gasteiger charge is 2.68. The van der Waals surface area contributed by atoms with E-state index in [-0.39, 0.29) is 53.7 Å². The lowest BCUT2D eigenvalue weighted by Crippen LogP contribution is -2.63. The van der Waals surface area contributed by atoms with Crippen LogP contribution < -0.4 is 11.1 Å². The van der Waals surface area contributed by atoms with Crippen molar-refractivity contribution in [1.82, 2.24) is 4.90 Å². The van der Waals surface area contributed by atoms with E-state index in [9.17, 15) is 24.3 Å². The molecule has 9 heteroatoms. The lowest BCUT2D eigenvalue weighted by atomic mass is 9.44. The van der Waals surface area contributed by atoms with Gasteiger partial charge in [-0.15, -0.1) is 6.58 Å². The fraction of sp³-hybridized carbons (Fsp3) is 0.647. The molecule has 2 bridgehead atoms. The highest BCUT2D eigenvalue weighted by Crippen LogP contribution is 2.68. The zero-order valence-corrected chi connectivity index (χ0v) is 26.3. The van der Waals surface area contributed by atoms with E-state index < -0.39 is 41.1 Å². The van der Waals surface area contributed by atoms with Gasteiger partial charge >= 0.3 is 6.09 Å². The number of carbonyl (C=O) groups is 4. The first-order valence-corrected chi connectivity index (χ1v) is 15.7. The van der Waals surface area contributed by atoms with Crippen molar-refractivity contribution >= 4 is 29.4 Å². The minimum Gasteiger partial charge on any atom is -0.445 e. The molecule has 1 heterocycles. The molecule has 0 unspecified atom stereocenters. The molecule has 234 valence electrons. The number of aliphatic hydroxyl groups excluding tert-OH is 1. The van der Waals surface area contributed by atoms with Crippen molar-refractivity contribution in [2.75, 3.05) is 5.32 Å². The van der Waals surface area contributed by atoms with Crippen molar-refractivity contribution < 1.29 is 29.0 Å². The third kappa shape index (κ3) is 4.74. The number of ether oxygens (including phenoxy) is 1. The van der Waals surface area contributed by atoms with Crippen LogP contribution in [-0.2, 0) is 20.9 Å². The summed E-state index contributed by atoms with van der Waals surface area (Å²) in [5, 5.41) is 14.5. The molecule has 1 aromatic rings. The summed E-state index contributed by atoms with van der Waals surface area (Å²) in [4.78, 5) is 54.6. The first kappa shape index (κ1) is 31.4. The first-order valence-electron chi connectivity index (χ1n) is 15.7. The Hall–Kier alpha value is -3.04. The second-order valence-electron chi connectivity index (χ2n) is 14.5. The summed E-state index contributed by atoms with van der Waals surface area (Å²) in [6.07, 6.45) is 2.64. The van der Waals surface area contributed by atoms with E-state index >= 15 is 0 Å². The van der Waals surface area contributed by atoms with E-state index in [4.69, 9.17) is 10.5 Å². The summed E-state index contributed by atoms with van der Waals surface area (Å²) in [6, 6.07) is 4.27. The molecule has 9 atom stereocenters. The van der Waals surface area contributed by atoms with E-state index in [1.807, 2.05) is 20.8 Å². The normalized spacial score (nSPS) is 37.7. The summed E-state index contributed by atoms with van der Waals surface area (Å²) in [5.74, 6) is -1.14. The van der Waals surface area contributed by atoms with E-state index in [0.717, 1.165) is 17.7 Å². The highest BCUT2D eigenvalue weighted by molar-refractivity contribution is 6.07. The van der Waals surface area contributed by atoms with Gasteiger partial charge in [-0.25, -0.2) is 9.69 Å². The Kier molecular flexibility index (Phi) is 7.91. The number of benzene rings is 1. The van der Waals surface area contributed by atoms with Crippen LogP contribution >= 0.6 is 0 Å². The van der Waals surface area contributed by atoms with Gasteiger partial charge in [0.1, 0.15) is 11.9 Å². The number of ketones is 1. The molecule has 0 radical (unpaired) electrons. The van der Waals surface area contributed by atoms with Gasteiger partial charge in [-0.1, -0.05) is 53.7 Å². The van der Waals surface area contributed by atoms with Crippen molar-refractivity contribution in [1.29, 1.82) is 0 Å². The number of nitrogens with one attached hydrogen (secondary N) is 1. The number of imide groups is 1. The molecule has 4 aliphatic rings. The Morgan fingerprint density at radius 1 is 1.21 bits per heavy atom. The smallest absolute Gasteiger partial charge is 0.417 e. The SMILES string of the molecule is C=C[C@]1(C)C[C@@H](OC(=O)N2Cc3ccc(NC(=O)[C@@H](N)C(C)C)cc3C2=O)[C@]2(C)[C@H](C)CC[C@]3(CCC(=O)[C@H]32)[C@@H](C)[C@@H]1O. The van der Waals surface area contributed by atoms with Crippen molar-refractivity contribution in [2.24, 2.45) is 45.7 Å². The number of nitrogens with zero attached hydrogens (tertiary/aromatic N) is 1. The van der Waals surface area contributed by atoms with Crippen LogP contribution in [-0.4, -0.2) is 51.9 Å². The average molecular weight is 594 g/mol. The summed E-state index contributed by atoms with van der Waals surface area (Å²) >= 11 is 0. The Morgan fingerprint density at radius 2 is 1.91 bits per heavy atom. The van der Waals surface area contributed by atoms with Crippen LogP contribution in [0.4, 0.5) is 10.5 Å². The number of nitrogens with two attached hydrogens (primary N) is 1. The minimum atomic E-state index is -0.775. The molecule has 9 nitrogen and oxygen atoms in total. The monoisotopic (exact) mass is 593 g/mol. The molecule has 3 fully saturated rings. The third-order valence-electron chi connectivity index (χ3n) is 12.0. The van der Waals surface area contributed by atoms with Crippen molar-refractivity contribution in [3.05, 3.63) is 42.0 Å². The molecule has 3 saturated carbocycles. The number of carbonyl (C=O) groups excluding carboxylic acids is 4. The van der Waals surface area contributed by atoms with Gasteiger partial charge in [0, 0.05) is 34.4 Å². The van der Waals surface area contributed by atoms with Gasteiger partial charge in [0.05, 0.1) is 18.7 Å². The molecule has 4 N–H and O–H groups in total. The largest absolute Gasteiger partial charge is 0.445 e. The van der Waals surface area contributed by atoms with Gasteiger partial charge < -0.3 is 20.9 Å². The Bertz CT molecular complexity index is 1360. The number of anilines is 1. The number of fused-ring (bicyclic) bond motifs is 1. The zero-order valence-electron chi connectivity index (χ0n) is 26.3. The number of rotatable bonds is 5. The van der Waals surface area contributed by atoms with Crippen LogP contribution in [0, 0.1) is 39.9 Å². The molecule has 3 aliphatic carbocycles. The van der Waals surface area contributed by atoms with E-state index in [1.54, 1.807) is 24.3 Å². The number of hydrogen-bond donors (Lipinski definition) is 3. The van der Waals surface area contributed by atoms with E-state index in [1.165, 1.54) is 0 Å². The van der Waals surface area contributed by atoms with Gasteiger partial charge in [0.15, 0.2) is 0 Å². The molecule has 0 aromatic heterocycles. The van der Waals surface area contributed by atoms with Crippen LogP contribution in [0.1, 0.15) is 89.6 Å². The lowest BCUT2D eigenvalue weighted by molar-refractivity contribution is -0.192. The third-order valence-corrected chi connectivity index (χ3v) is 12.0. The fourth-order valence-corrected chi connectivity index (χ4v) is 8.74. The number of amides is 3. The predicted octanol–water partition coefficient (Wildman–Crippen LogP) is 5.06. The maximum Gasteiger partial charge on any atom is 0.417 e. The lowest BCUT2D eigenvalue weighted by Gasteiger charge is -2.61. The molecule has 43 heavy (non-hydrogen) atoms. The summed E-state index contributed by atoms with van der Waals surface area (Å²) in [6.45, 7) is 16.0. The van der Waals surface area contributed by atoms with Gasteiger partial charge in [0.25, 0.3) is 5.91 Å². The van der Waals surface area contributed by atoms with Crippen LogP contribution in [0.5, 0.6) is 0 Å². The number of Topliss-reactive ketones (excluding diaryl/α,β-unsaturated/α-hetero) is 1. The molecule has 1 aliphatic heterocycles. The van der Waals surface area contributed by atoms with Crippen LogP contribution in [0.3, 0.4) is 0 Å². The summed E-state index contributed by atoms with van der Waals surface area (Å²) in [7, 11) is 0. The highest BCUT2D eigenvalue weighted by atomic mass is 16.6. The number of aliphatic hydroxyl groups is 1. The fourth-order valence-electron chi connectivity index (χ4n) is 8.74. The number of hydrogen-bond acceptors (Lipinski definition) is 7. The van der Waals surface area contributed by atoms with Gasteiger partial charge in [-0.2, -0.15) is 0 Å². The van der Waals surface area contributed by atoms with Crippen LogP contribution in [0.15, 0.2) is 30.9 Å². The zero-order chi connectivity index (χ0) is 31.6. The molecule has 0 spiro atoms. The topological polar surface area (TPSA) is 139 Å². The van der Waals surface area contributed by atoms with Crippen molar-refractivity contribution in [3.8, 4) is 0 Å². The first-order chi connectivity index (χ1) is 20.1. The Balaban J connectivity index is 1.44. The molecule has 0 saturated heterocycles. The maximum absolute atomic E-state index is 13.9. The standard InChI is InChI=1S/C34H47N3O6/c1-8-32(6)16-25(33(7)19(4)11-13-34(20(5)28(32)39)14-12-24(38)27(33)34)43-31(42)37-17-21-9-10-22(15-23(21)30(37)41)36-29(40)26(35)18(2)3/h8-10,15,18-20,25-28,39H,1,11-14,16-17,35H2,2-7H3,(H,36,40)/t19-,20+,25-,26+,27+,28+,32-,33+,34+/m1/s1. The summed E-state index contributed by atoms with van der Waals surface area (Å²) in [5.41, 5.74) is 5.52. The average Bonchev–Trinajstić information content (AvgIpc) is 3.50. The van der Waals surface area contributed by atoms with Crippen molar-refractivity contribution in [2.45, 2.75) is 98.4 Å². The second-order valence-corrected chi connectivity index (χ2v) is 14.5. The van der Waals surface area contributed by atoms with Crippen LogP contribution in [0.25, 0.3) is 0 Å². The Morgan fingerprint density at radius 3 is 2.56 bits per heavy atom. The van der Waals surface area contributed by atoms with Gasteiger partial charge in [0.2, 0.25) is 5.91 Å². The minimum absolute atomic E-state index is 0.0381. The van der Waals surface area contributed by atoms with Crippen molar-refractivity contribution in [3.63, 3.8) is 0 Å². The predicted molar refractivity (Wildman–Crippen MR) is 163 cm³/mol. The van der Waals surface area contributed by atoms with Crippen LogP contribution in [0.2, 0.25) is 0 Å². The molecule has 1 aromatic carbocycles. The molecule has 5 rings (SSSR count). The maximum atomic E-state index is 13.9. The molecular weight excluding hydrogens is 546 g/mol. The quantitative estimate of drug-likeness (QED) is 0.406.